The van der Waals surface area contributed by atoms with Crippen LogP contribution in [0, 0.1) is 0 Å². The number of methoxy groups -OCH3 is 1. The number of thiazole rings is 1. The number of ether oxygens (including phenoxy) is 1. The lowest BCUT2D eigenvalue weighted by Crippen LogP contribution is -2.16. The van der Waals surface area contributed by atoms with Gasteiger partial charge in [0, 0.05) is 18.3 Å². The second kappa shape index (κ2) is 7.54. The van der Waals surface area contributed by atoms with Gasteiger partial charge in [-0.2, -0.15) is 11.3 Å². The van der Waals surface area contributed by atoms with Crippen LogP contribution in [0.2, 0.25) is 0 Å². The molecule has 0 bridgehead atoms. The molecule has 3 nitrogen and oxygen atoms in total. The lowest BCUT2D eigenvalue weighted by Gasteiger charge is -2.04. The summed E-state index contributed by atoms with van der Waals surface area (Å²) in [4.78, 5) is 5.73. The number of benzene rings is 1. The van der Waals surface area contributed by atoms with Crippen LogP contribution >= 0.6 is 22.7 Å². The molecule has 0 fully saturated rings. The highest BCUT2D eigenvalue weighted by atomic mass is 32.1. The summed E-state index contributed by atoms with van der Waals surface area (Å²) in [7, 11) is 1.69. The average Bonchev–Trinajstić information content (AvgIpc) is 3.23. The highest BCUT2D eigenvalue weighted by Gasteiger charge is 2.04. The number of rotatable bonds is 7. The quantitative estimate of drug-likeness (QED) is 0.659. The van der Waals surface area contributed by atoms with Gasteiger partial charge in [-0.25, -0.2) is 4.98 Å². The van der Waals surface area contributed by atoms with Crippen LogP contribution in [0.25, 0.3) is 10.4 Å². The van der Waals surface area contributed by atoms with Crippen LogP contribution in [-0.2, 0) is 13.0 Å². The molecule has 0 aliphatic heterocycles. The molecule has 114 valence electrons. The minimum absolute atomic E-state index is 0.824. The summed E-state index contributed by atoms with van der Waals surface area (Å²) in [6.07, 6.45) is 2.97. The first-order valence-electron chi connectivity index (χ1n) is 7.16. The molecule has 0 aliphatic carbocycles. The van der Waals surface area contributed by atoms with Crippen molar-refractivity contribution in [1.82, 2.24) is 10.3 Å². The number of nitrogens with one attached hydrogen (secondary N) is 1. The summed E-state index contributed by atoms with van der Waals surface area (Å²) >= 11 is 3.48. The van der Waals surface area contributed by atoms with E-state index in [2.05, 4.69) is 39.3 Å². The van der Waals surface area contributed by atoms with Crippen molar-refractivity contribution in [3.05, 3.63) is 57.9 Å². The van der Waals surface area contributed by atoms with Crippen LogP contribution < -0.4 is 10.1 Å². The average molecular weight is 330 g/mol. The number of thiophene rings is 1. The maximum atomic E-state index is 5.16. The van der Waals surface area contributed by atoms with E-state index in [4.69, 9.17) is 4.74 Å². The minimum atomic E-state index is 0.824. The molecular formula is C17H18N2OS2. The van der Waals surface area contributed by atoms with Crippen LogP contribution in [0.4, 0.5) is 0 Å². The van der Waals surface area contributed by atoms with Gasteiger partial charge in [0.1, 0.15) is 10.8 Å². The minimum Gasteiger partial charge on any atom is -0.497 e. The molecule has 0 atom stereocenters. The Kier molecular flexibility index (Phi) is 5.21. The summed E-state index contributed by atoms with van der Waals surface area (Å²) in [5, 5.41) is 8.85. The van der Waals surface area contributed by atoms with E-state index in [0.29, 0.717) is 0 Å². The highest BCUT2D eigenvalue weighted by Crippen LogP contribution is 2.27. The van der Waals surface area contributed by atoms with Gasteiger partial charge >= 0.3 is 0 Å². The monoisotopic (exact) mass is 330 g/mol. The van der Waals surface area contributed by atoms with Crippen LogP contribution in [0.3, 0.4) is 0 Å². The Morgan fingerprint density at radius 3 is 2.77 bits per heavy atom. The molecular weight excluding hydrogens is 312 g/mol. The number of hydrogen-bond donors (Lipinski definition) is 1. The number of nitrogens with zero attached hydrogens (tertiary/aromatic N) is 1. The molecule has 0 saturated heterocycles. The molecule has 0 spiro atoms. The predicted molar refractivity (Wildman–Crippen MR) is 93.8 cm³/mol. The van der Waals surface area contributed by atoms with Gasteiger partial charge in [0.25, 0.3) is 0 Å². The van der Waals surface area contributed by atoms with E-state index in [1.807, 2.05) is 18.3 Å². The summed E-state index contributed by atoms with van der Waals surface area (Å²) in [6.45, 7) is 1.77. The fourth-order valence-electron chi connectivity index (χ4n) is 2.15. The molecule has 0 unspecified atom stereocenters. The summed E-state index contributed by atoms with van der Waals surface area (Å²) < 4.78 is 5.16. The molecule has 1 N–H and O–H groups in total. The van der Waals surface area contributed by atoms with Crippen molar-refractivity contribution in [1.29, 1.82) is 0 Å². The SMILES string of the molecule is COc1ccc(CCNCc2ncc(-c3ccsc3)s2)cc1. The van der Waals surface area contributed by atoms with Gasteiger partial charge in [-0.15, -0.1) is 11.3 Å². The van der Waals surface area contributed by atoms with E-state index in [9.17, 15) is 0 Å². The summed E-state index contributed by atoms with van der Waals surface area (Å²) in [5.41, 5.74) is 2.58. The Hall–Kier alpha value is -1.69. The molecule has 0 aliphatic rings. The first-order chi connectivity index (χ1) is 10.8. The number of aromatic nitrogens is 1. The Bertz CT molecular complexity index is 690. The standard InChI is InChI=1S/C17H18N2OS2/c1-20-15-4-2-13(3-5-15)6-8-18-11-17-19-10-16(22-17)14-7-9-21-12-14/h2-5,7,9-10,12,18H,6,8,11H2,1H3. The fraction of sp³-hybridized carbons (Fsp3) is 0.235. The Morgan fingerprint density at radius 1 is 1.18 bits per heavy atom. The zero-order chi connectivity index (χ0) is 15.2. The van der Waals surface area contributed by atoms with E-state index < -0.39 is 0 Å². The van der Waals surface area contributed by atoms with Crippen molar-refractivity contribution >= 4 is 22.7 Å². The molecule has 0 radical (unpaired) electrons. The van der Waals surface area contributed by atoms with Gasteiger partial charge in [-0.05, 0) is 47.5 Å². The maximum absolute atomic E-state index is 5.16. The second-order valence-corrected chi connectivity index (χ2v) is 6.80. The summed E-state index contributed by atoms with van der Waals surface area (Å²) in [5.74, 6) is 0.903. The zero-order valence-corrected chi connectivity index (χ0v) is 14.0. The maximum Gasteiger partial charge on any atom is 0.118 e. The number of hydrogen-bond acceptors (Lipinski definition) is 5. The van der Waals surface area contributed by atoms with Gasteiger partial charge in [-0.3, -0.25) is 0 Å². The van der Waals surface area contributed by atoms with Crippen molar-refractivity contribution in [2.45, 2.75) is 13.0 Å². The van der Waals surface area contributed by atoms with Crippen LogP contribution in [-0.4, -0.2) is 18.6 Å². The molecule has 5 heteroatoms. The van der Waals surface area contributed by atoms with Crippen LogP contribution in [0.5, 0.6) is 5.75 Å². The van der Waals surface area contributed by atoms with E-state index in [1.165, 1.54) is 16.0 Å². The van der Waals surface area contributed by atoms with Crippen molar-refractivity contribution in [2.75, 3.05) is 13.7 Å². The van der Waals surface area contributed by atoms with Gasteiger partial charge < -0.3 is 10.1 Å². The zero-order valence-electron chi connectivity index (χ0n) is 12.4. The predicted octanol–water partition coefficient (Wildman–Crippen LogP) is 4.21. The first kappa shape index (κ1) is 15.2. The third-order valence-electron chi connectivity index (χ3n) is 3.38. The van der Waals surface area contributed by atoms with Gasteiger partial charge in [0.2, 0.25) is 0 Å². The lowest BCUT2D eigenvalue weighted by atomic mass is 10.1. The molecule has 3 rings (SSSR count). The van der Waals surface area contributed by atoms with Crippen molar-refractivity contribution < 1.29 is 4.74 Å². The van der Waals surface area contributed by atoms with Crippen LogP contribution in [0.15, 0.2) is 47.3 Å². The molecule has 0 saturated carbocycles. The first-order valence-corrected chi connectivity index (χ1v) is 8.92. The van der Waals surface area contributed by atoms with Gasteiger partial charge in [0.15, 0.2) is 0 Å². The van der Waals surface area contributed by atoms with Crippen molar-refractivity contribution in [3.63, 3.8) is 0 Å². The topological polar surface area (TPSA) is 34.1 Å². The normalized spacial score (nSPS) is 10.8. The van der Waals surface area contributed by atoms with Crippen molar-refractivity contribution in [3.8, 4) is 16.2 Å². The molecule has 22 heavy (non-hydrogen) atoms. The molecule has 0 amide bonds. The Balaban J connectivity index is 1.45. The van der Waals surface area contributed by atoms with E-state index in [0.717, 1.165) is 30.3 Å². The Labute approximate surface area is 138 Å². The van der Waals surface area contributed by atoms with Gasteiger partial charge in [0.05, 0.1) is 12.0 Å². The molecule has 3 aromatic rings. The third-order valence-corrected chi connectivity index (χ3v) is 5.11. The second-order valence-electron chi connectivity index (χ2n) is 4.91. The Morgan fingerprint density at radius 2 is 2.05 bits per heavy atom. The summed E-state index contributed by atoms with van der Waals surface area (Å²) in [6, 6.07) is 10.4. The smallest absolute Gasteiger partial charge is 0.118 e. The van der Waals surface area contributed by atoms with E-state index in [-0.39, 0.29) is 0 Å². The largest absolute Gasteiger partial charge is 0.497 e. The van der Waals surface area contributed by atoms with E-state index >= 15 is 0 Å². The fourth-order valence-corrected chi connectivity index (χ4v) is 3.76. The third kappa shape index (κ3) is 3.94. The highest BCUT2D eigenvalue weighted by molar-refractivity contribution is 7.15. The van der Waals surface area contributed by atoms with Gasteiger partial charge in [-0.1, -0.05) is 12.1 Å². The molecule has 2 aromatic heterocycles. The molecule has 2 heterocycles. The van der Waals surface area contributed by atoms with Crippen molar-refractivity contribution in [2.24, 2.45) is 0 Å². The lowest BCUT2D eigenvalue weighted by molar-refractivity contribution is 0.414. The molecule has 1 aromatic carbocycles. The van der Waals surface area contributed by atoms with E-state index in [1.54, 1.807) is 29.8 Å². The van der Waals surface area contributed by atoms with Crippen LogP contribution in [0.1, 0.15) is 10.6 Å².